The summed E-state index contributed by atoms with van der Waals surface area (Å²) in [7, 11) is 0. The molecule has 2 aliphatic rings. The Balaban J connectivity index is 1.42. The molecular weight excluding hydrogens is 348 g/mol. The maximum Gasteiger partial charge on any atom is 0.227 e. The number of halogens is 1. The minimum absolute atomic E-state index is 0.183. The number of benzene rings is 2. The van der Waals surface area contributed by atoms with Gasteiger partial charge >= 0.3 is 0 Å². The van der Waals surface area contributed by atoms with Crippen molar-refractivity contribution in [3.63, 3.8) is 0 Å². The Morgan fingerprint density at radius 3 is 2.73 bits per heavy atom. The van der Waals surface area contributed by atoms with Crippen molar-refractivity contribution in [3.8, 4) is 0 Å². The predicted molar refractivity (Wildman–Crippen MR) is 105 cm³/mol. The fraction of sp³-hybridized carbons (Fsp3) is 0.381. The zero-order valence-corrected chi connectivity index (χ0v) is 15.5. The first-order valence-corrected chi connectivity index (χ1v) is 9.59. The fourth-order valence-corrected chi connectivity index (χ4v) is 3.96. The third kappa shape index (κ3) is 3.71. The summed E-state index contributed by atoms with van der Waals surface area (Å²) in [5, 5.41) is 0.720. The van der Waals surface area contributed by atoms with Crippen molar-refractivity contribution in [1.82, 2.24) is 0 Å². The van der Waals surface area contributed by atoms with Gasteiger partial charge in [0.15, 0.2) is 0 Å². The van der Waals surface area contributed by atoms with Crippen LogP contribution in [0.25, 0.3) is 0 Å². The Labute approximate surface area is 159 Å². The van der Waals surface area contributed by atoms with Gasteiger partial charge in [-0.3, -0.25) is 4.79 Å². The van der Waals surface area contributed by atoms with Gasteiger partial charge in [-0.1, -0.05) is 23.7 Å². The van der Waals surface area contributed by atoms with E-state index in [4.69, 9.17) is 16.3 Å². The molecule has 0 N–H and O–H groups in total. The third-order valence-electron chi connectivity index (χ3n) is 5.15. The lowest BCUT2D eigenvalue weighted by atomic mass is 10.1. The molecule has 1 fully saturated rings. The molecule has 2 aromatic rings. The molecule has 1 amide bonds. The van der Waals surface area contributed by atoms with Crippen molar-refractivity contribution in [2.24, 2.45) is 0 Å². The molecule has 0 aliphatic carbocycles. The highest BCUT2D eigenvalue weighted by atomic mass is 35.5. The molecule has 0 spiro atoms. The number of morpholine rings is 1. The maximum atomic E-state index is 12.7. The molecule has 0 saturated carbocycles. The highest BCUT2D eigenvalue weighted by molar-refractivity contribution is 6.30. The van der Waals surface area contributed by atoms with Gasteiger partial charge in [-0.2, -0.15) is 0 Å². The molecule has 0 unspecified atom stereocenters. The smallest absolute Gasteiger partial charge is 0.227 e. The van der Waals surface area contributed by atoms with Gasteiger partial charge in [0.05, 0.1) is 13.2 Å². The Bertz CT molecular complexity index is 802. The molecule has 4 rings (SSSR count). The number of carbonyl (C=O) groups is 1. The summed E-state index contributed by atoms with van der Waals surface area (Å²) < 4.78 is 5.43. The summed E-state index contributed by atoms with van der Waals surface area (Å²) in [5.41, 5.74) is 4.68. The largest absolute Gasteiger partial charge is 0.378 e. The molecular formula is C21H23ClN2O2. The molecule has 0 aromatic heterocycles. The van der Waals surface area contributed by atoms with Crippen LogP contribution in [0.4, 0.5) is 11.4 Å². The van der Waals surface area contributed by atoms with Gasteiger partial charge in [-0.15, -0.1) is 0 Å². The van der Waals surface area contributed by atoms with Crippen molar-refractivity contribution in [2.75, 3.05) is 42.6 Å². The minimum Gasteiger partial charge on any atom is -0.378 e. The molecule has 2 aliphatic heterocycles. The van der Waals surface area contributed by atoms with Gasteiger partial charge in [-0.05, 0) is 54.3 Å². The van der Waals surface area contributed by atoms with Crippen LogP contribution in [0.3, 0.4) is 0 Å². The number of ether oxygens (including phenoxy) is 1. The van der Waals surface area contributed by atoms with E-state index in [1.54, 1.807) is 0 Å². The zero-order valence-electron chi connectivity index (χ0n) is 14.8. The highest BCUT2D eigenvalue weighted by Crippen LogP contribution is 2.32. The number of hydrogen-bond donors (Lipinski definition) is 0. The van der Waals surface area contributed by atoms with E-state index in [1.165, 1.54) is 11.3 Å². The summed E-state index contributed by atoms with van der Waals surface area (Å²) in [6, 6.07) is 14.2. The van der Waals surface area contributed by atoms with Crippen LogP contribution in [0.2, 0.25) is 5.02 Å². The first kappa shape index (κ1) is 17.4. The number of rotatable bonds is 4. The summed E-state index contributed by atoms with van der Waals surface area (Å²) in [5.74, 6) is 0.183. The van der Waals surface area contributed by atoms with Crippen LogP contribution in [-0.4, -0.2) is 38.8 Å². The number of amides is 1. The molecule has 5 heteroatoms. The quantitative estimate of drug-likeness (QED) is 0.822. The van der Waals surface area contributed by atoms with Crippen molar-refractivity contribution < 1.29 is 9.53 Å². The number of hydrogen-bond acceptors (Lipinski definition) is 3. The van der Waals surface area contributed by atoms with Gasteiger partial charge in [-0.25, -0.2) is 0 Å². The van der Waals surface area contributed by atoms with E-state index in [9.17, 15) is 4.79 Å². The molecule has 0 atom stereocenters. The lowest BCUT2D eigenvalue weighted by molar-refractivity contribution is -0.118. The van der Waals surface area contributed by atoms with Crippen LogP contribution in [0.15, 0.2) is 42.5 Å². The minimum atomic E-state index is 0.183. The molecule has 0 radical (unpaired) electrons. The first-order valence-electron chi connectivity index (χ1n) is 9.21. The van der Waals surface area contributed by atoms with Crippen molar-refractivity contribution in [2.45, 2.75) is 19.3 Å². The number of nitrogens with zero attached hydrogens (tertiary/aromatic N) is 2. The van der Waals surface area contributed by atoms with Crippen LogP contribution in [0, 0.1) is 0 Å². The first-order chi connectivity index (χ1) is 12.7. The Morgan fingerprint density at radius 2 is 1.92 bits per heavy atom. The number of fused-ring (bicyclic) bond motifs is 1. The number of carbonyl (C=O) groups excluding carboxylic acids is 1. The Morgan fingerprint density at radius 1 is 1.08 bits per heavy atom. The molecule has 136 valence electrons. The Kier molecular flexibility index (Phi) is 5.14. The number of anilines is 2. The van der Waals surface area contributed by atoms with Gasteiger partial charge in [0.2, 0.25) is 5.91 Å². The van der Waals surface area contributed by atoms with Crippen molar-refractivity contribution in [3.05, 3.63) is 58.6 Å². The lowest BCUT2D eigenvalue weighted by Crippen LogP contribution is -2.36. The molecule has 4 nitrogen and oxygen atoms in total. The van der Waals surface area contributed by atoms with Crippen LogP contribution < -0.4 is 9.80 Å². The fourth-order valence-electron chi connectivity index (χ4n) is 3.74. The predicted octanol–water partition coefficient (Wildman–Crippen LogP) is 3.70. The van der Waals surface area contributed by atoms with E-state index in [0.717, 1.165) is 62.0 Å². The summed E-state index contributed by atoms with van der Waals surface area (Å²) in [6.07, 6.45) is 2.15. The second-order valence-corrected chi connectivity index (χ2v) is 7.27. The standard InChI is InChI=1S/C21H23ClN2O2/c22-18-3-1-2-16(14-18)4-7-21(25)24-9-8-17-15-19(5-6-20(17)24)23-10-12-26-13-11-23/h1-3,5-6,14-15H,4,7-13H2. The molecule has 2 heterocycles. The SMILES string of the molecule is O=C(CCc1cccc(Cl)c1)N1CCc2cc(N3CCOCC3)ccc21. The van der Waals surface area contributed by atoms with Crippen LogP contribution in [0.5, 0.6) is 0 Å². The van der Waals surface area contributed by atoms with E-state index in [2.05, 4.69) is 23.1 Å². The summed E-state index contributed by atoms with van der Waals surface area (Å²) >= 11 is 6.03. The van der Waals surface area contributed by atoms with Gasteiger partial charge in [0.1, 0.15) is 0 Å². The topological polar surface area (TPSA) is 32.8 Å². The lowest BCUT2D eigenvalue weighted by Gasteiger charge is -2.29. The van der Waals surface area contributed by atoms with Crippen LogP contribution in [-0.2, 0) is 22.4 Å². The van der Waals surface area contributed by atoms with Crippen LogP contribution in [0.1, 0.15) is 17.5 Å². The normalized spacial score (nSPS) is 16.7. The van der Waals surface area contributed by atoms with E-state index in [1.807, 2.05) is 29.2 Å². The molecule has 1 saturated heterocycles. The van der Waals surface area contributed by atoms with Crippen LogP contribution >= 0.6 is 11.6 Å². The molecule has 2 aromatic carbocycles. The second kappa shape index (κ2) is 7.68. The molecule has 0 bridgehead atoms. The third-order valence-corrected chi connectivity index (χ3v) is 5.39. The van der Waals surface area contributed by atoms with E-state index in [0.29, 0.717) is 6.42 Å². The van der Waals surface area contributed by atoms with Crippen molar-refractivity contribution >= 4 is 28.9 Å². The van der Waals surface area contributed by atoms with Gasteiger partial charge in [0.25, 0.3) is 0 Å². The van der Waals surface area contributed by atoms with E-state index < -0.39 is 0 Å². The highest BCUT2D eigenvalue weighted by Gasteiger charge is 2.25. The van der Waals surface area contributed by atoms with Crippen molar-refractivity contribution in [1.29, 1.82) is 0 Å². The summed E-state index contributed by atoms with van der Waals surface area (Å²) in [4.78, 5) is 17.0. The Hall–Kier alpha value is -2.04. The van der Waals surface area contributed by atoms with E-state index >= 15 is 0 Å². The van der Waals surface area contributed by atoms with E-state index in [-0.39, 0.29) is 5.91 Å². The second-order valence-electron chi connectivity index (χ2n) is 6.84. The summed E-state index contributed by atoms with van der Waals surface area (Å²) in [6.45, 7) is 4.20. The number of aryl methyl sites for hydroxylation is 1. The molecule has 26 heavy (non-hydrogen) atoms. The van der Waals surface area contributed by atoms with Gasteiger partial charge in [0, 0.05) is 42.5 Å². The monoisotopic (exact) mass is 370 g/mol. The zero-order chi connectivity index (χ0) is 17.9. The average Bonchev–Trinajstić information content (AvgIpc) is 3.10. The average molecular weight is 371 g/mol. The van der Waals surface area contributed by atoms with Gasteiger partial charge < -0.3 is 14.5 Å². The maximum absolute atomic E-state index is 12.7.